The summed E-state index contributed by atoms with van der Waals surface area (Å²) in [7, 11) is 3.75. The second-order valence-corrected chi connectivity index (χ2v) is 6.69. The van der Waals surface area contributed by atoms with Crippen molar-refractivity contribution in [1.82, 2.24) is 15.5 Å². The summed E-state index contributed by atoms with van der Waals surface area (Å²) in [5.74, 6) is -0.958. The molecule has 140 valence electrons. The monoisotopic (exact) mass is 359 g/mol. The van der Waals surface area contributed by atoms with Gasteiger partial charge in [0.25, 0.3) is 0 Å². The largest absolute Gasteiger partial charge is 0.372 e. The van der Waals surface area contributed by atoms with E-state index in [4.69, 9.17) is 15.3 Å². The lowest BCUT2D eigenvalue weighted by Gasteiger charge is -2.23. The van der Waals surface area contributed by atoms with Gasteiger partial charge in [0.15, 0.2) is 5.92 Å². The summed E-state index contributed by atoms with van der Waals surface area (Å²) in [6.45, 7) is 2.16. The first-order chi connectivity index (χ1) is 12.5. The molecule has 0 radical (unpaired) electrons. The molecule has 26 heavy (non-hydrogen) atoms. The molecule has 2 N–H and O–H groups in total. The van der Waals surface area contributed by atoms with Gasteiger partial charge in [0, 0.05) is 19.6 Å². The third-order valence-corrected chi connectivity index (χ3v) is 4.56. The molecule has 1 aliphatic rings. The van der Waals surface area contributed by atoms with Gasteiger partial charge in [-0.2, -0.15) is 10.5 Å². The number of hydrogen-bond donors (Lipinski definition) is 2. The standard InChI is InChI=1S/C19H26FN5O/c1-23-19(15(9-21)10-22)24-11-17-7-8-18(26-17)13-25(2)12-14-3-5-16(20)6-4-14/h3-6,15,17-19,23-24H,7-8,11-13H2,1-2H3/t17-,18+,19?/m0/s1. The normalized spacial score (nSPS) is 20.9. The third-order valence-electron chi connectivity index (χ3n) is 4.56. The predicted molar refractivity (Wildman–Crippen MR) is 96.2 cm³/mol. The minimum atomic E-state index is -0.737. The number of nitriles is 2. The molecule has 1 aliphatic heterocycles. The van der Waals surface area contributed by atoms with Crippen molar-refractivity contribution >= 4 is 0 Å². The van der Waals surface area contributed by atoms with E-state index in [0.717, 1.165) is 31.5 Å². The van der Waals surface area contributed by atoms with Gasteiger partial charge in [-0.15, -0.1) is 0 Å². The molecule has 1 aromatic carbocycles. The lowest BCUT2D eigenvalue weighted by Crippen LogP contribution is -2.48. The van der Waals surface area contributed by atoms with Crippen molar-refractivity contribution in [3.05, 3.63) is 35.6 Å². The van der Waals surface area contributed by atoms with Crippen LogP contribution >= 0.6 is 0 Å². The van der Waals surface area contributed by atoms with Crippen LogP contribution in [0.1, 0.15) is 18.4 Å². The molecule has 2 rings (SSSR count). The third kappa shape index (κ3) is 6.05. The van der Waals surface area contributed by atoms with Crippen molar-refractivity contribution in [2.45, 2.75) is 37.8 Å². The highest BCUT2D eigenvalue weighted by Crippen LogP contribution is 2.20. The van der Waals surface area contributed by atoms with Crippen molar-refractivity contribution in [1.29, 1.82) is 10.5 Å². The minimum Gasteiger partial charge on any atom is -0.372 e. The van der Waals surface area contributed by atoms with Crippen molar-refractivity contribution in [2.24, 2.45) is 5.92 Å². The number of nitrogens with one attached hydrogen (secondary N) is 2. The number of hydrogen-bond acceptors (Lipinski definition) is 6. The molecule has 1 unspecified atom stereocenters. The van der Waals surface area contributed by atoms with E-state index in [1.165, 1.54) is 12.1 Å². The maximum atomic E-state index is 13.0. The van der Waals surface area contributed by atoms with Crippen LogP contribution in [0.5, 0.6) is 0 Å². The molecule has 0 saturated carbocycles. The molecule has 1 aromatic rings. The summed E-state index contributed by atoms with van der Waals surface area (Å²) in [6.07, 6.45) is 1.79. The fourth-order valence-corrected chi connectivity index (χ4v) is 3.20. The average molecular weight is 359 g/mol. The summed E-state index contributed by atoms with van der Waals surface area (Å²) < 4.78 is 19.0. The number of benzene rings is 1. The summed E-state index contributed by atoms with van der Waals surface area (Å²) in [5.41, 5.74) is 1.07. The topological polar surface area (TPSA) is 84.1 Å². The molecule has 0 aromatic heterocycles. The molecule has 6 nitrogen and oxygen atoms in total. The number of halogens is 1. The van der Waals surface area contributed by atoms with Gasteiger partial charge in [0.05, 0.1) is 30.5 Å². The lowest BCUT2D eigenvalue weighted by atomic mass is 10.1. The first-order valence-electron chi connectivity index (χ1n) is 8.84. The van der Waals surface area contributed by atoms with Crippen LogP contribution in [0.3, 0.4) is 0 Å². The second kappa shape index (κ2) is 10.2. The van der Waals surface area contributed by atoms with Gasteiger partial charge >= 0.3 is 0 Å². The van der Waals surface area contributed by atoms with Crippen molar-refractivity contribution in [2.75, 3.05) is 27.2 Å². The van der Waals surface area contributed by atoms with Gasteiger partial charge in [-0.1, -0.05) is 12.1 Å². The Labute approximate surface area is 154 Å². The molecule has 0 amide bonds. The van der Waals surface area contributed by atoms with E-state index in [1.807, 2.05) is 19.2 Å². The zero-order valence-corrected chi connectivity index (χ0v) is 15.3. The van der Waals surface area contributed by atoms with Crippen LogP contribution in [0.25, 0.3) is 0 Å². The van der Waals surface area contributed by atoms with Gasteiger partial charge in [-0.05, 0) is 44.6 Å². The number of nitrogens with zero attached hydrogens (tertiary/aromatic N) is 3. The summed E-state index contributed by atoms with van der Waals surface area (Å²) in [5, 5.41) is 24.1. The van der Waals surface area contributed by atoms with E-state index < -0.39 is 5.92 Å². The van der Waals surface area contributed by atoms with E-state index in [0.29, 0.717) is 6.54 Å². The summed E-state index contributed by atoms with van der Waals surface area (Å²) >= 11 is 0. The molecule has 0 aliphatic carbocycles. The number of rotatable bonds is 9. The molecular weight excluding hydrogens is 333 g/mol. The van der Waals surface area contributed by atoms with Crippen LogP contribution in [-0.4, -0.2) is 50.5 Å². The summed E-state index contributed by atoms with van der Waals surface area (Å²) in [6, 6.07) is 10.5. The van der Waals surface area contributed by atoms with E-state index in [9.17, 15) is 4.39 Å². The van der Waals surface area contributed by atoms with E-state index in [2.05, 4.69) is 15.5 Å². The maximum Gasteiger partial charge on any atom is 0.161 e. The number of ether oxygens (including phenoxy) is 1. The van der Waals surface area contributed by atoms with Crippen LogP contribution < -0.4 is 10.6 Å². The van der Waals surface area contributed by atoms with Crippen LogP contribution in [0.4, 0.5) is 4.39 Å². The Morgan fingerprint density at radius 2 is 1.88 bits per heavy atom. The van der Waals surface area contributed by atoms with Gasteiger partial charge in [-0.25, -0.2) is 4.39 Å². The highest BCUT2D eigenvalue weighted by Gasteiger charge is 2.27. The fraction of sp³-hybridized carbons (Fsp3) is 0.579. The Morgan fingerprint density at radius 1 is 1.23 bits per heavy atom. The summed E-state index contributed by atoms with van der Waals surface area (Å²) in [4.78, 5) is 2.17. The molecule has 0 spiro atoms. The molecule has 7 heteroatoms. The SMILES string of the molecule is CNC(NC[C@@H]1CC[C@H](CN(C)Cc2ccc(F)cc2)O1)C(C#N)C#N. The van der Waals surface area contributed by atoms with Crippen LogP contribution in [-0.2, 0) is 11.3 Å². The first kappa shape index (κ1) is 20.3. The zero-order chi connectivity index (χ0) is 18.9. The van der Waals surface area contributed by atoms with Gasteiger partial charge in [-0.3, -0.25) is 10.2 Å². The average Bonchev–Trinajstić information content (AvgIpc) is 3.07. The fourth-order valence-electron chi connectivity index (χ4n) is 3.20. The van der Waals surface area contributed by atoms with Crippen LogP contribution in [0, 0.1) is 34.4 Å². The smallest absolute Gasteiger partial charge is 0.161 e. The van der Waals surface area contributed by atoms with Crippen molar-refractivity contribution in [3.63, 3.8) is 0 Å². The highest BCUT2D eigenvalue weighted by molar-refractivity contribution is 5.15. The molecule has 3 atom stereocenters. The Bertz CT molecular complexity index is 625. The molecule has 1 saturated heterocycles. The first-order valence-corrected chi connectivity index (χ1v) is 8.84. The van der Waals surface area contributed by atoms with Gasteiger partial charge in [0.2, 0.25) is 0 Å². The Balaban J connectivity index is 1.73. The number of likely N-dealkylation sites (N-methyl/N-ethyl adjacent to an activating group) is 1. The zero-order valence-electron chi connectivity index (χ0n) is 15.3. The second-order valence-electron chi connectivity index (χ2n) is 6.69. The Hall–Kier alpha value is -2.03. The van der Waals surface area contributed by atoms with E-state index >= 15 is 0 Å². The molecule has 1 fully saturated rings. The molecular formula is C19H26FN5O. The van der Waals surface area contributed by atoms with Crippen LogP contribution in [0.2, 0.25) is 0 Å². The van der Waals surface area contributed by atoms with E-state index in [-0.39, 0.29) is 24.2 Å². The van der Waals surface area contributed by atoms with Crippen LogP contribution in [0.15, 0.2) is 24.3 Å². The highest BCUT2D eigenvalue weighted by atomic mass is 19.1. The van der Waals surface area contributed by atoms with Gasteiger partial charge in [0.1, 0.15) is 5.82 Å². The molecule has 1 heterocycles. The predicted octanol–water partition coefficient (Wildman–Crippen LogP) is 1.60. The quantitative estimate of drug-likeness (QED) is 0.652. The molecule has 0 bridgehead atoms. The minimum absolute atomic E-state index is 0.0770. The Kier molecular flexibility index (Phi) is 7.96. The lowest BCUT2D eigenvalue weighted by molar-refractivity contribution is 0.0248. The van der Waals surface area contributed by atoms with Crippen molar-refractivity contribution < 1.29 is 9.13 Å². The maximum absolute atomic E-state index is 13.0. The van der Waals surface area contributed by atoms with Gasteiger partial charge < -0.3 is 10.1 Å². The Morgan fingerprint density at radius 3 is 2.50 bits per heavy atom. The van der Waals surface area contributed by atoms with E-state index in [1.54, 1.807) is 19.2 Å². The van der Waals surface area contributed by atoms with Crippen molar-refractivity contribution in [3.8, 4) is 12.1 Å².